The molecule has 2 unspecified atom stereocenters. The fourth-order valence-electron chi connectivity index (χ4n) is 3.32. The Morgan fingerprint density at radius 1 is 1.25 bits per heavy atom. The zero-order chi connectivity index (χ0) is 17.1. The Bertz CT molecular complexity index is 748. The number of amides is 1. The van der Waals surface area contributed by atoms with Gasteiger partial charge in [-0.25, -0.2) is 0 Å². The first kappa shape index (κ1) is 16.8. The predicted molar refractivity (Wildman–Crippen MR) is 95.3 cm³/mol. The van der Waals surface area contributed by atoms with Crippen molar-refractivity contribution in [1.82, 2.24) is 0 Å². The highest BCUT2D eigenvalue weighted by atomic mass is 35.5. The zero-order valence-electron chi connectivity index (χ0n) is 13.4. The lowest BCUT2D eigenvalue weighted by Gasteiger charge is -2.32. The van der Waals surface area contributed by atoms with Crippen LogP contribution in [0, 0.1) is 0 Å². The number of hydrogen-bond donors (Lipinski definition) is 2. The molecule has 1 aliphatic rings. The van der Waals surface area contributed by atoms with Gasteiger partial charge in [-0.1, -0.05) is 29.8 Å². The van der Waals surface area contributed by atoms with Gasteiger partial charge in [0.1, 0.15) is 5.75 Å². The number of fused-ring (bicyclic) bond motifs is 1. The van der Waals surface area contributed by atoms with Crippen LogP contribution in [0.25, 0.3) is 0 Å². The molecule has 0 saturated carbocycles. The van der Waals surface area contributed by atoms with Crippen LogP contribution < -0.4 is 16.2 Å². The maximum absolute atomic E-state index is 10.9. The van der Waals surface area contributed by atoms with E-state index in [9.17, 15) is 4.79 Å². The highest BCUT2D eigenvalue weighted by molar-refractivity contribution is 6.30. The van der Waals surface area contributed by atoms with Crippen LogP contribution in [-0.4, -0.2) is 18.6 Å². The maximum atomic E-state index is 10.9. The molecule has 0 spiro atoms. The second-order valence-corrected chi connectivity index (χ2v) is 6.70. The summed E-state index contributed by atoms with van der Waals surface area (Å²) in [5.74, 6) is 0.363. The summed E-state index contributed by atoms with van der Waals surface area (Å²) < 4.78 is 5.45. The van der Waals surface area contributed by atoms with Crippen LogP contribution in [-0.2, 0) is 17.6 Å². The number of ether oxygens (including phenoxy) is 1. The fourth-order valence-corrected chi connectivity index (χ4v) is 3.54. The summed E-state index contributed by atoms with van der Waals surface area (Å²) in [5, 5.41) is 0.732. The number of carbonyl (C=O) groups excluding carboxylic acids is 1. The molecule has 0 saturated heterocycles. The molecule has 0 heterocycles. The molecule has 2 aromatic rings. The summed E-state index contributed by atoms with van der Waals surface area (Å²) in [4.78, 5) is 10.9. The lowest BCUT2D eigenvalue weighted by atomic mass is 9.76. The van der Waals surface area contributed by atoms with E-state index >= 15 is 0 Å². The number of primary amides is 1. The molecule has 0 aromatic heterocycles. The van der Waals surface area contributed by atoms with Crippen LogP contribution in [0.15, 0.2) is 42.5 Å². The fraction of sp³-hybridized carbons (Fsp3) is 0.316. The molecule has 3 rings (SSSR count). The van der Waals surface area contributed by atoms with Gasteiger partial charge < -0.3 is 16.2 Å². The molecule has 126 valence electrons. The summed E-state index contributed by atoms with van der Waals surface area (Å²) in [6.45, 7) is -0.121. The molecule has 1 amide bonds. The van der Waals surface area contributed by atoms with E-state index in [1.54, 1.807) is 0 Å². The highest BCUT2D eigenvalue weighted by Gasteiger charge is 2.27. The van der Waals surface area contributed by atoms with E-state index in [1.165, 1.54) is 16.7 Å². The minimum Gasteiger partial charge on any atom is -0.484 e. The largest absolute Gasteiger partial charge is 0.484 e. The van der Waals surface area contributed by atoms with E-state index in [2.05, 4.69) is 12.1 Å². The summed E-state index contributed by atoms with van der Waals surface area (Å²) in [6.07, 6.45) is 2.74. The SMILES string of the molecule is NC(=O)COc1ccc2c(c1)C(Cc1cccc(Cl)c1)C(N)CC2. The number of carbonyl (C=O) groups is 1. The van der Waals surface area contributed by atoms with Crippen LogP contribution in [0.2, 0.25) is 5.02 Å². The van der Waals surface area contributed by atoms with E-state index in [0.717, 1.165) is 24.3 Å². The van der Waals surface area contributed by atoms with Gasteiger partial charge in [-0.2, -0.15) is 0 Å². The Labute approximate surface area is 146 Å². The molecule has 0 radical (unpaired) electrons. The Morgan fingerprint density at radius 2 is 2.08 bits per heavy atom. The number of rotatable bonds is 5. The van der Waals surface area contributed by atoms with Crippen molar-refractivity contribution in [2.24, 2.45) is 11.5 Å². The van der Waals surface area contributed by atoms with E-state index < -0.39 is 5.91 Å². The minimum atomic E-state index is -0.486. The monoisotopic (exact) mass is 344 g/mol. The predicted octanol–water partition coefficient (Wildman–Crippen LogP) is 2.80. The second-order valence-electron chi connectivity index (χ2n) is 6.26. The Morgan fingerprint density at radius 3 is 2.83 bits per heavy atom. The molecule has 4 nitrogen and oxygen atoms in total. The van der Waals surface area contributed by atoms with Gasteiger partial charge in [0, 0.05) is 17.0 Å². The minimum absolute atomic E-state index is 0.0860. The molecule has 2 aromatic carbocycles. The van der Waals surface area contributed by atoms with Crippen molar-refractivity contribution in [3.05, 3.63) is 64.2 Å². The molecule has 5 heteroatoms. The van der Waals surface area contributed by atoms with E-state index in [4.69, 9.17) is 27.8 Å². The molecular weight excluding hydrogens is 324 g/mol. The first-order valence-corrected chi connectivity index (χ1v) is 8.44. The average Bonchev–Trinajstić information content (AvgIpc) is 2.55. The van der Waals surface area contributed by atoms with E-state index in [0.29, 0.717) is 5.75 Å². The van der Waals surface area contributed by atoms with Crippen molar-refractivity contribution in [3.63, 3.8) is 0 Å². The highest BCUT2D eigenvalue weighted by Crippen LogP contribution is 2.36. The van der Waals surface area contributed by atoms with Crippen LogP contribution in [0.1, 0.15) is 29.0 Å². The van der Waals surface area contributed by atoms with Crippen molar-refractivity contribution >= 4 is 17.5 Å². The average molecular weight is 345 g/mol. The van der Waals surface area contributed by atoms with Gasteiger partial charge in [0.05, 0.1) is 0 Å². The van der Waals surface area contributed by atoms with Gasteiger partial charge >= 0.3 is 0 Å². The third kappa shape index (κ3) is 3.89. The topological polar surface area (TPSA) is 78.3 Å². The number of halogens is 1. The van der Waals surface area contributed by atoms with Crippen LogP contribution in [0.5, 0.6) is 5.75 Å². The van der Waals surface area contributed by atoms with Crippen molar-refractivity contribution < 1.29 is 9.53 Å². The van der Waals surface area contributed by atoms with Crippen LogP contribution in [0.3, 0.4) is 0 Å². The number of benzene rings is 2. The molecule has 4 N–H and O–H groups in total. The number of hydrogen-bond acceptors (Lipinski definition) is 3. The second kappa shape index (κ2) is 7.24. The Kier molecular flexibility index (Phi) is 5.07. The quantitative estimate of drug-likeness (QED) is 0.875. The zero-order valence-corrected chi connectivity index (χ0v) is 14.1. The third-order valence-corrected chi connectivity index (χ3v) is 4.74. The van der Waals surface area contributed by atoms with E-state index in [1.807, 2.05) is 30.3 Å². The van der Waals surface area contributed by atoms with Crippen LogP contribution in [0.4, 0.5) is 0 Å². The molecule has 1 aliphatic carbocycles. The van der Waals surface area contributed by atoms with E-state index in [-0.39, 0.29) is 18.6 Å². The van der Waals surface area contributed by atoms with Crippen LogP contribution >= 0.6 is 11.6 Å². The molecular formula is C19H21ClN2O2. The van der Waals surface area contributed by atoms with Gasteiger partial charge in [-0.15, -0.1) is 0 Å². The van der Waals surface area contributed by atoms with Crippen molar-refractivity contribution in [3.8, 4) is 5.75 Å². The summed E-state index contributed by atoms with van der Waals surface area (Å²) in [7, 11) is 0. The summed E-state index contributed by atoms with van der Waals surface area (Å²) >= 11 is 6.10. The van der Waals surface area contributed by atoms with Crippen molar-refractivity contribution in [2.75, 3.05) is 6.61 Å². The molecule has 0 bridgehead atoms. The number of aryl methyl sites for hydroxylation is 1. The van der Waals surface area contributed by atoms with Gasteiger partial charge in [0.25, 0.3) is 5.91 Å². The lowest BCUT2D eigenvalue weighted by molar-refractivity contribution is -0.119. The maximum Gasteiger partial charge on any atom is 0.255 e. The molecule has 0 fully saturated rings. The van der Waals surface area contributed by atoms with Gasteiger partial charge in [-0.3, -0.25) is 4.79 Å². The normalized spacial score (nSPS) is 19.6. The summed E-state index contributed by atoms with van der Waals surface area (Å²) in [6, 6.07) is 13.9. The van der Waals surface area contributed by atoms with Crippen molar-refractivity contribution in [2.45, 2.75) is 31.2 Å². The number of nitrogens with two attached hydrogens (primary N) is 2. The Balaban J connectivity index is 1.87. The molecule has 0 aliphatic heterocycles. The standard InChI is InChI=1S/C19H21ClN2O2/c20-14-3-1-2-12(8-14)9-17-16-10-15(24-11-19(22)23)6-4-13(16)5-7-18(17)21/h1-4,6,8,10,17-18H,5,7,9,11,21H2,(H2,22,23). The smallest absolute Gasteiger partial charge is 0.255 e. The molecule has 2 atom stereocenters. The Hall–Kier alpha value is -2.04. The van der Waals surface area contributed by atoms with Crippen molar-refractivity contribution in [1.29, 1.82) is 0 Å². The first-order chi connectivity index (χ1) is 11.5. The molecule has 24 heavy (non-hydrogen) atoms. The lowest BCUT2D eigenvalue weighted by Crippen LogP contribution is -2.34. The van der Waals surface area contributed by atoms with Gasteiger partial charge in [-0.05, 0) is 60.2 Å². The summed E-state index contributed by atoms with van der Waals surface area (Å²) in [5.41, 5.74) is 15.2. The van der Waals surface area contributed by atoms with Gasteiger partial charge in [0.15, 0.2) is 6.61 Å². The third-order valence-electron chi connectivity index (χ3n) is 4.51. The van der Waals surface area contributed by atoms with Gasteiger partial charge in [0.2, 0.25) is 0 Å². The first-order valence-electron chi connectivity index (χ1n) is 8.07.